The van der Waals surface area contributed by atoms with E-state index in [0.29, 0.717) is 10.6 Å². The number of hydrogen-bond acceptors (Lipinski definition) is 6. The topological polar surface area (TPSA) is 130 Å². The Kier molecular flexibility index (Phi) is 6.08. The molecule has 0 aliphatic rings. The van der Waals surface area contributed by atoms with E-state index in [2.05, 4.69) is 10.6 Å². The minimum Gasteiger partial charge on any atom is -0.467 e. The first-order chi connectivity index (χ1) is 11.6. The lowest BCUT2D eigenvalue weighted by molar-refractivity contribution is -0.141. The van der Waals surface area contributed by atoms with Gasteiger partial charge in [0.2, 0.25) is 0 Å². The first kappa shape index (κ1) is 17.2. The fourth-order valence-corrected chi connectivity index (χ4v) is 2.18. The van der Waals surface area contributed by atoms with Crippen molar-refractivity contribution < 1.29 is 23.6 Å². The molecule has 0 aliphatic heterocycles. The molecule has 2 heterocycles. The van der Waals surface area contributed by atoms with Crippen LogP contribution in [0.15, 0.2) is 40.3 Å². The monoisotopic (exact) mass is 350 g/mol. The zero-order valence-electron chi connectivity index (χ0n) is 12.3. The summed E-state index contributed by atoms with van der Waals surface area (Å²) in [6.45, 7) is -0.297. The summed E-state index contributed by atoms with van der Waals surface area (Å²) >= 11 is 1.24. The van der Waals surface area contributed by atoms with Gasteiger partial charge < -0.3 is 15.1 Å². The molecule has 10 heteroatoms. The second-order valence-corrected chi connectivity index (χ2v) is 5.37. The average Bonchev–Trinajstić information content (AvgIpc) is 3.28. The molecular weight excluding hydrogens is 336 g/mol. The van der Waals surface area contributed by atoms with Crippen molar-refractivity contribution in [2.45, 2.75) is 6.54 Å². The standard InChI is InChI=1S/C14H14N4O5S/c19-11(8-16-12(20)10-4-2-6-24-10)17-18-14(22)13(21)15-7-9-3-1-5-23-9/h1-6H,7-8H2,(H,15,21)(H,16,20)(H,17,19)(H,18,22). The van der Waals surface area contributed by atoms with Gasteiger partial charge >= 0.3 is 11.8 Å². The molecule has 9 nitrogen and oxygen atoms in total. The Hall–Kier alpha value is -3.14. The maximum absolute atomic E-state index is 11.6. The van der Waals surface area contributed by atoms with Gasteiger partial charge in [0.05, 0.1) is 24.2 Å². The molecule has 4 amide bonds. The van der Waals surface area contributed by atoms with Crippen LogP contribution < -0.4 is 21.5 Å². The summed E-state index contributed by atoms with van der Waals surface area (Å²) in [6, 6.07) is 6.60. The second kappa shape index (κ2) is 8.48. The third-order valence-corrected chi connectivity index (χ3v) is 3.55. The normalized spacial score (nSPS) is 9.83. The Balaban J connectivity index is 1.64. The van der Waals surface area contributed by atoms with E-state index in [4.69, 9.17) is 4.42 Å². The Bertz CT molecular complexity index is 712. The largest absolute Gasteiger partial charge is 0.467 e. The van der Waals surface area contributed by atoms with Crippen molar-refractivity contribution in [3.63, 3.8) is 0 Å². The number of carbonyl (C=O) groups excluding carboxylic acids is 4. The predicted octanol–water partition coefficient (Wildman–Crippen LogP) is -0.465. The van der Waals surface area contributed by atoms with Gasteiger partial charge in [0.15, 0.2) is 0 Å². The summed E-state index contributed by atoms with van der Waals surface area (Å²) in [5, 5.41) is 6.42. The average molecular weight is 350 g/mol. The van der Waals surface area contributed by atoms with Gasteiger partial charge in [-0.1, -0.05) is 6.07 Å². The lowest BCUT2D eigenvalue weighted by atomic mass is 10.4. The molecular formula is C14H14N4O5S. The van der Waals surface area contributed by atoms with Crippen LogP contribution in [-0.2, 0) is 20.9 Å². The Morgan fingerprint density at radius 1 is 1.00 bits per heavy atom. The zero-order chi connectivity index (χ0) is 17.4. The first-order valence-corrected chi connectivity index (χ1v) is 7.65. The van der Waals surface area contributed by atoms with E-state index in [1.165, 1.54) is 17.6 Å². The Morgan fingerprint density at radius 3 is 2.50 bits per heavy atom. The van der Waals surface area contributed by atoms with Crippen LogP contribution in [0.2, 0.25) is 0 Å². The molecule has 0 atom stereocenters. The molecule has 0 radical (unpaired) electrons. The number of amides is 4. The van der Waals surface area contributed by atoms with Crippen molar-refractivity contribution in [2.75, 3.05) is 6.54 Å². The maximum atomic E-state index is 11.6. The van der Waals surface area contributed by atoms with Gasteiger partial charge in [-0.2, -0.15) is 0 Å². The lowest BCUT2D eigenvalue weighted by Crippen LogP contribution is -2.50. The lowest BCUT2D eigenvalue weighted by Gasteiger charge is -2.08. The Morgan fingerprint density at radius 2 is 1.83 bits per heavy atom. The van der Waals surface area contributed by atoms with Crippen LogP contribution >= 0.6 is 11.3 Å². The number of thiophene rings is 1. The van der Waals surface area contributed by atoms with E-state index in [1.807, 2.05) is 10.9 Å². The molecule has 0 fully saturated rings. The van der Waals surface area contributed by atoms with Crippen LogP contribution in [0.5, 0.6) is 0 Å². The van der Waals surface area contributed by atoms with Crippen LogP contribution in [0.3, 0.4) is 0 Å². The van der Waals surface area contributed by atoms with Gasteiger partial charge in [-0.25, -0.2) is 0 Å². The van der Waals surface area contributed by atoms with Crippen LogP contribution in [0.25, 0.3) is 0 Å². The maximum Gasteiger partial charge on any atom is 0.327 e. The molecule has 0 aromatic carbocycles. The van der Waals surface area contributed by atoms with E-state index < -0.39 is 23.6 Å². The van der Waals surface area contributed by atoms with Crippen molar-refractivity contribution >= 4 is 35.0 Å². The summed E-state index contributed by atoms with van der Waals surface area (Å²) in [5.41, 5.74) is 3.96. The van der Waals surface area contributed by atoms with Crippen LogP contribution in [0.4, 0.5) is 0 Å². The quantitative estimate of drug-likeness (QED) is 0.428. The molecule has 0 bridgehead atoms. The van der Waals surface area contributed by atoms with Crippen molar-refractivity contribution in [1.82, 2.24) is 21.5 Å². The fraction of sp³-hybridized carbons (Fsp3) is 0.143. The highest BCUT2D eigenvalue weighted by atomic mass is 32.1. The molecule has 0 saturated carbocycles. The molecule has 2 aromatic rings. The van der Waals surface area contributed by atoms with Crippen LogP contribution in [0, 0.1) is 0 Å². The van der Waals surface area contributed by atoms with E-state index in [0.717, 1.165) is 0 Å². The smallest absolute Gasteiger partial charge is 0.327 e. The minimum atomic E-state index is -1.04. The summed E-state index contributed by atoms with van der Waals surface area (Å²) in [4.78, 5) is 46.5. The van der Waals surface area contributed by atoms with Crippen molar-refractivity contribution in [3.05, 3.63) is 46.5 Å². The number of furan rings is 1. The molecule has 2 aromatic heterocycles. The number of nitrogens with one attached hydrogen (secondary N) is 4. The van der Waals surface area contributed by atoms with E-state index in [1.54, 1.807) is 29.6 Å². The molecule has 0 spiro atoms. The highest BCUT2D eigenvalue weighted by Crippen LogP contribution is 2.07. The third-order valence-electron chi connectivity index (χ3n) is 2.68. The zero-order valence-corrected chi connectivity index (χ0v) is 13.1. The van der Waals surface area contributed by atoms with Gasteiger partial charge in [-0.15, -0.1) is 11.3 Å². The van der Waals surface area contributed by atoms with Crippen molar-refractivity contribution in [1.29, 1.82) is 0 Å². The van der Waals surface area contributed by atoms with Crippen LogP contribution in [-0.4, -0.2) is 30.2 Å². The first-order valence-electron chi connectivity index (χ1n) is 6.77. The molecule has 0 aliphatic carbocycles. The predicted molar refractivity (Wildman–Crippen MR) is 83.5 cm³/mol. The minimum absolute atomic E-state index is 0.0457. The summed E-state index contributed by atoms with van der Waals surface area (Å²) in [6.07, 6.45) is 1.44. The number of rotatable bonds is 5. The highest BCUT2D eigenvalue weighted by Gasteiger charge is 2.15. The summed E-state index contributed by atoms with van der Waals surface area (Å²) in [7, 11) is 0. The van der Waals surface area contributed by atoms with E-state index in [9.17, 15) is 19.2 Å². The molecule has 0 unspecified atom stereocenters. The van der Waals surface area contributed by atoms with Crippen LogP contribution in [0.1, 0.15) is 15.4 Å². The fourth-order valence-electron chi connectivity index (χ4n) is 1.54. The van der Waals surface area contributed by atoms with Crippen molar-refractivity contribution in [3.8, 4) is 0 Å². The summed E-state index contributed by atoms with van der Waals surface area (Å²) < 4.78 is 4.99. The number of hydrogen-bond donors (Lipinski definition) is 4. The third kappa shape index (κ3) is 5.25. The van der Waals surface area contributed by atoms with Gasteiger partial charge in [-0.05, 0) is 23.6 Å². The molecule has 126 valence electrons. The van der Waals surface area contributed by atoms with Gasteiger partial charge in [0.25, 0.3) is 11.8 Å². The Labute approximate surface area is 140 Å². The van der Waals surface area contributed by atoms with Gasteiger partial charge in [0.1, 0.15) is 5.76 Å². The molecule has 4 N–H and O–H groups in total. The van der Waals surface area contributed by atoms with Gasteiger partial charge in [0, 0.05) is 0 Å². The van der Waals surface area contributed by atoms with E-state index >= 15 is 0 Å². The molecule has 2 rings (SSSR count). The second-order valence-electron chi connectivity index (χ2n) is 4.42. The molecule has 24 heavy (non-hydrogen) atoms. The van der Waals surface area contributed by atoms with Crippen molar-refractivity contribution in [2.24, 2.45) is 0 Å². The van der Waals surface area contributed by atoms with Gasteiger partial charge in [-0.3, -0.25) is 30.0 Å². The SMILES string of the molecule is O=C(CNC(=O)c1cccs1)NNC(=O)C(=O)NCc1ccco1. The van der Waals surface area contributed by atoms with E-state index in [-0.39, 0.29) is 13.1 Å². The number of hydrazine groups is 1. The molecule has 0 saturated heterocycles. The summed E-state index contributed by atoms with van der Waals surface area (Å²) in [5.74, 6) is -2.57. The highest BCUT2D eigenvalue weighted by molar-refractivity contribution is 7.12. The number of carbonyl (C=O) groups is 4.